The number of carboxylic acid groups (broad SMARTS) is 1. The SMILES string of the molecule is C=CC(=O)NC1CC2CCN(S(=O)(=O)c3ccc(C(Cc4ccccc4)NC(=O)O)cc3)CC2O1. The Balaban J connectivity index is 1.45. The van der Waals surface area contributed by atoms with Gasteiger partial charge >= 0.3 is 6.09 Å². The predicted molar refractivity (Wildman–Crippen MR) is 129 cm³/mol. The smallest absolute Gasteiger partial charge is 0.405 e. The largest absolute Gasteiger partial charge is 0.465 e. The van der Waals surface area contributed by atoms with Crippen molar-refractivity contribution in [2.24, 2.45) is 5.92 Å². The number of nitrogens with zero attached hydrogens (tertiary/aromatic N) is 1. The van der Waals surface area contributed by atoms with Crippen LogP contribution in [0.3, 0.4) is 0 Å². The lowest BCUT2D eigenvalue weighted by atomic mass is 9.94. The van der Waals surface area contributed by atoms with E-state index in [1.54, 1.807) is 12.1 Å². The lowest BCUT2D eigenvalue weighted by molar-refractivity contribution is -0.120. The van der Waals surface area contributed by atoms with Crippen molar-refractivity contribution in [3.05, 3.63) is 78.4 Å². The van der Waals surface area contributed by atoms with Crippen LogP contribution in [-0.2, 0) is 26.0 Å². The minimum absolute atomic E-state index is 0.142. The quantitative estimate of drug-likeness (QED) is 0.480. The average Bonchev–Trinajstić information content (AvgIpc) is 3.25. The average molecular weight is 500 g/mol. The molecule has 2 saturated heterocycles. The third-order valence-electron chi connectivity index (χ3n) is 6.50. The lowest BCUT2D eigenvalue weighted by Crippen LogP contribution is -2.45. The monoisotopic (exact) mass is 499 g/mol. The molecule has 0 aliphatic carbocycles. The van der Waals surface area contributed by atoms with Crippen molar-refractivity contribution in [1.29, 1.82) is 0 Å². The number of benzene rings is 2. The Kier molecular flexibility index (Phi) is 7.54. The molecule has 2 aliphatic heterocycles. The van der Waals surface area contributed by atoms with E-state index in [4.69, 9.17) is 4.74 Å². The molecule has 2 fully saturated rings. The van der Waals surface area contributed by atoms with Gasteiger partial charge in [-0.05, 0) is 54.5 Å². The molecule has 4 unspecified atom stereocenters. The van der Waals surface area contributed by atoms with Gasteiger partial charge in [-0.3, -0.25) is 4.79 Å². The summed E-state index contributed by atoms with van der Waals surface area (Å²) in [7, 11) is -3.76. The van der Waals surface area contributed by atoms with Gasteiger partial charge in [-0.1, -0.05) is 49.0 Å². The predicted octanol–water partition coefficient (Wildman–Crippen LogP) is 2.67. The summed E-state index contributed by atoms with van der Waals surface area (Å²) in [5.41, 5.74) is 1.64. The van der Waals surface area contributed by atoms with Crippen molar-refractivity contribution in [2.45, 2.75) is 42.5 Å². The van der Waals surface area contributed by atoms with Gasteiger partial charge in [-0.2, -0.15) is 4.31 Å². The maximum absolute atomic E-state index is 13.3. The Hall–Kier alpha value is -3.21. The van der Waals surface area contributed by atoms with Crippen LogP contribution in [0.2, 0.25) is 0 Å². The molecule has 2 aromatic carbocycles. The van der Waals surface area contributed by atoms with E-state index in [0.717, 1.165) is 5.56 Å². The van der Waals surface area contributed by atoms with E-state index in [9.17, 15) is 23.1 Å². The molecule has 186 valence electrons. The van der Waals surface area contributed by atoms with Crippen molar-refractivity contribution < 1.29 is 27.9 Å². The highest BCUT2D eigenvalue weighted by molar-refractivity contribution is 7.89. The Labute approximate surface area is 204 Å². The second kappa shape index (κ2) is 10.6. The summed E-state index contributed by atoms with van der Waals surface area (Å²) in [6, 6.07) is 15.3. The van der Waals surface area contributed by atoms with E-state index in [-0.39, 0.29) is 29.4 Å². The molecule has 2 amide bonds. The highest BCUT2D eigenvalue weighted by Gasteiger charge is 2.42. The molecule has 4 atom stereocenters. The Bertz CT molecular complexity index is 1170. The molecule has 9 nitrogen and oxygen atoms in total. The molecule has 4 rings (SSSR count). The number of carbonyl (C=O) groups is 2. The fraction of sp³-hybridized carbons (Fsp3) is 0.360. The normalized spacial score (nSPS) is 23.1. The Morgan fingerprint density at radius 2 is 1.89 bits per heavy atom. The molecule has 0 spiro atoms. The van der Waals surface area contributed by atoms with Crippen molar-refractivity contribution in [3.8, 4) is 0 Å². The van der Waals surface area contributed by atoms with E-state index in [0.29, 0.717) is 31.4 Å². The molecular weight excluding hydrogens is 470 g/mol. The minimum Gasteiger partial charge on any atom is -0.465 e. The molecule has 35 heavy (non-hydrogen) atoms. The van der Waals surface area contributed by atoms with Crippen molar-refractivity contribution in [2.75, 3.05) is 13.1 Å². The highest BCUT2D eigenvalue weighted by Crippen LogP contribution is 2.34. The summed E-state index contributed by atoms with van der Waals surface area (Å²) in [6.45, 7) is 4.02. The fourth-order valence-electron chi connectivity index (χ4n) is 4.70. The number of rotatable bonds is 8. The van der Waals surface area contributed by atoms with Gasteiger partial charge in [0.05, 0.1) is 17.0 Å². The fourth-order valence-corrected chi connectivity index (χ4v) is 6.17. The maximum Gasteiger partial charge on any atom is 0.405 e. The van der Waals surface area contributed by atoms with Crippen LogP contribution < -0.4 is 10.6 Å². The third kappa shape index (κ3) is 5.90. The van der Waals surface area contributed by atoms with Gasteiger partial charge in [0.1, 0.15) is 6.23 Å². The van der Waals surface area contributed by atoms with Gasteiger partial charge in [0, 0.05) is 13.1 Å². The van der Waals surface area contributed by atoms with E-state index in [1.165, 1.54) is 22.5 Å². The van der Waals surface area contributed by atoms with Crippen LogP contribution in [0, 0.1) is 5.92 Å². The first-order valence-electron chi connectivity index (χ1n) is 11.5. The summed E-state index contributed by atoms with van der Waals surface area (Å²) in [6.07, 6.45) is 1.03. The van der Waals surface area contributed by atoms with Gasteiger partial charge in [0.15, 0.2) is 0 Å². The summed E-state index contributed by atoms with van der Waals surface area (Å²) < 4.78 is 33.9. The molecule has 3 N–H and O–H groups in total. The summed E-state index contributed by atoms with van der Waals surface area (Å²) in [4.78, 5) is 23.1. The number of amides is 2. The van der Waals surface area contributed by atoms with E-state index >= 15 is 0 Å². The minimum atomic E-state index is -3.76. The lowest BCUT2D eigenvalue weighted by Gasteiger charge is -2.33. The molecule has 2 aliphatic rings. The number of fused-ring (bicyclic) bond motifs is 1. The summed E-state index contributed by atoms with van der Waals surface area (Å²) in [5.74, 6) is -0.138. The molecule has 0 radical (unpaired) electrons. The molecule has 2 heterocycles. The summed E-state index contributed by atoms with van der Waals surface area (Å²) >= 11 is 0. The number of hydrogen-bond acceptors (Lipinski definition) is 5. The van der Waals surface area contributed by atoms with E-state index < -0.39 is 28.4 Å². The van der Waals surface area contributed by atoms with Crippen LogP contribution >= 0.6 is 0 Å². The van der Waals surface area contributed by atoms with Crippen LogP contribution in [0.4, 0.5) is 4.79 Å². The molecule has 2 aromatic rings. The van der Waals surface area contributed by atoms with Gasteiger partial charge in [-0.25, -0.2) is 13.2 Å². The van der Waals surface area contributed by atoms with Crippen LogP contribution in [0.15, 0.2) is 72.1 Å². The first-order valence-corrected chi connectivity index (χ1v) is 12.9. The third-order valence-corrected chi connectivity index (χ3v) is 8.38. The number of ether oxygens (including phenoxy) is 1. The van der Waals surface area contributed by atoms with Gasteiger partial charge < -0.3 is 20.5 Å². The molecular formula is C25H29N3O6S. The number of nitrogens with one attached hydrogen (secondary N) is 2. The highest BCUT2D eigenvalue weighted by atomic mass is 32.2. The standard InChI is InChI=1S/C25H29N3O6S/c1-2-23(29)27-24-15-19-12-13-28(16-22(19)34-24)35(32,33)20-10-8-18(9-11-20)21(26-25(30)31)14-17-6-4-3-5-7-17/h2-11,19,21-22,24,26H,1,12-16H2,(H,27,29)(H,30,31). The van der Waals surface area contributed by atoms with Crippen LogP contribution in [0.1, 0.15) is 30.0 Å². The van der Waals surface area contributed by atoms with Gasteiger partial charge in [-0.15, -0.1) is 0 Å². The van der Waals surface area contributed by atoms with Crippen LogP contribution in [0.5, 0.6) is 0 Å². The molecule has 0 aromatic heterocycles. The molecule has 0 bridgehead atoms. The number of piperidine rings is 1. The van der Waals surface area contributed by atoms with Crippen molar-refractivity contribution in [1.82, 2.24) is 14.9 Å². The van der Waals surface area contributed by atoms with E-state index in [2.05, 4.69) is 17.2 Å². The number of carbonyl (C=O) groups excluding carboxylic acids is 1. The number of sulfonamides is 1. The van der Waals surface area contributed by atoms with Crippen molar-refractivity contribution >= 4 is 22.0 Å². The van der Waals surface area contributed by atoms with Gasteiger partial charge in [0.25, 0.3) is 0 Å². The molecule has 0 saturated carbocycles. The topological polar surface area (TPSA) is 125 Å². The zero-order chi connectivity index (χ0) is 25.0. The van der Waals surface area contributed by atoms with Crippen molar-refractivity contribution in [3.63, 3.8) is 0 Å². The van der Waals surface area contributed by atoms with Crippen LogP contribution in [0.25, 0.3) is 0 Å². The second-order valence-electron chi connectivity index (χ2n) is 8.78. The van der Waals surface area contributed by atoms with Gasteiger partial charge in [0.2, 0.25) is 15.9 Å². The summed E-state index contributed by atoms with van der Waals surface area (Å²) in [5, 5.41) is 14.5. The van der Waals surface area contributed by atoms with E-state index in [1.807, 2.05) is 30.3 Å². The zero-order valence-electron chi connectivity index (χ0n) is 19.2. The maximum atomic E-state index is 13.3. The Morgan fingerprint density at radius 1 is 1.17 bits per heavy atom. The first-order chi connectivity index (χ1) is 16.8. The second-order valence-corrected chi connectivity index (χ2v) is 10.7. The zero-order valence-corrected chi connectivity index (χ0v) is 20.0. The number of hydrogen-bond donors (Lipinski definition) is 3. The Morgan fingerprint density at radius 3 is 2.54 bits per heavy atom. The molecule has 10 heteroatoms. The van der Waals surface area contributed by atoms with Crippen LogP contribution in [-0.4, -0.2) is 55.3 Å². The first kappa shape index (κ1) is 24.9.